The molecule has 0 atom stereocenters. The minimum absolute atomic E-state index is 0.0105. The number of hydrogen-bond donors (Lipinski definition) is 0. The predicted molar refractivity (Wildman–Crippen MR) is 97.9 cm³/mol. The number of carbonyl (C=O) groups excluding carboxylic acids is 2. The Kier molecular flexibility index (Phi) is 4.51. The van der Waals surface area contributed by atoms with E-state index in [1.807, 2.05) is 29.2 Å². The van der Waals surface area contributed by atoms with Crippen molar-refractivity contribution in [3.8, 4) is 0 Å². The largest absolute Gasteiger partial charge is 0.338 e. The number of para-hydroxylation sites is 1. The Morgan fingerprint density at radius 3 is 2.46 bits per heavy atom. The first-order valence-corrected chi connectivity index (χ1v) is 8.90. The van der Waals surface area contributed by atoms with Gasteiger partial charge in [-0.3, -0.25) is 9.59 Å². The third-order valence-corrected chi connectivity index (χ3v) is 4.95. The molecule has 2 amide bonds. The predicted octanol–water partition coefficient (Wildman–Crippen LogP) is 1.10. The first kappa shape index (κ1) is 16.5. The molecule has 1 aromatic heterocycles. The Morgan fingerprint density at radius 2 is 1.69 bits per heavy atom. The Bertz CT molecular complexity index is 803. The SMILES string of the molecule is O=C(CN1C(=O)CCc2ccccc21)N1CCN(c2ncccn2)CC1. The lowest BCUT2D eigenvalue weighted by Crippen LogP contribution is -2.52. The van der Waals surface area contributed by atoms with Crippen LogP contribution in [0.15, 0.2) is 42.7 Å². The first-order valence-electron chi connectivity index (χ1n) is 8.90. The van der Waals surface area contributed by atoms with Crippen molar-refractivity contribution in [2.45, 2.75) is 12.8 Å². The molecule has 2 aliphatic heterocycles. The maximum atomic E-state index is 12.7. The first-order chi connectivity index (χ1) is 12.7. The van der Waals surface area contributed by atoms with Crippen LogP contribution in [0.25, 0.3) is 0 Å². The number of aromatic nitrogens is 2. The van der Waals surface area contributed by atoms with E-state index in [0.717, 1.165) is 17.7 Å². The van der Waals surface area contributed by atoms with E-state index in [0.29, 0.717) is 38.5 Å². The van der Waals surface area contributed by atoms with Crippen molar-refractivity contribution in [2.75, 3.05) is 42.5 Å². The summed E-state index contributed by atoms with van der Waals surface area (Å²) in [5.74, 6) is 0.705. The molecule has 0 spiro atoms. The Labute approximate surface area is 152 Å². The molecule has 26 heavy (non-hydrogen) atoms. The van der Waals surface area contributed by atoms with Crippen LogP contribution in [0.4, 0.5) is 11.6 Å². The molecular formula is C19H21N5O2. The fraction of sp³-hybridized carbons (Fsp3) is 0.368. The fourth-order valence-electron chi connectivity index (χ4n) is 3.52. The lowest BCUT2D eigenvalue weighted by Gasteiger charge is -2.36. The summed E-state index contributed by atoms with van der Waals surface area (Å²) < 4.78 is 0. The van der Waals surface area contributed by atoms with Crippen molar-refractivity contribution in [3.05, 3.63) is 48.3 Å². The van der Waals surface area contributed by atoms with E-state index in [2.05, 4.69) is 14.9 Å². The van der Waals surface area contributed by atoms with Crippen molar-refractivity contribution in [3.63, 3.8) is 0 Å². The number of anilines is 2. The summed E-state index contributed by atoms with van der Waals surface area (Å²) in [7, 11) is 0. The normalized spacial score (nSPS) is 17.2. The van der Waals surface area contributed by atoms with E-state index in [9.17, 15) is 9.59 Å². The average Bonchev–Trinajstić information content (AvgIpc) is 2.71. The van der Waals surface area contributed by atoms with E-state index in [-0.39, 0.29) is 18.4 Å². The van der Waals surface area contributed by atoms with Gasteiger partial charge < -0.3 is 14.7 Å². The number of aryl methyl sites for hydroxylation is 1. The van der Waals surface area contributed by atoms with E-state index in [1.165, 1.54) is 0 Å². The zero-order valence-electron chi connectivity index (χ0n) is 14.5. The van der Waals surface area contributed by atoms with Crippen LogP contribution in [-0.4, -0.2) is 59.4 Å². The number of nitrogens with zero attached hydrogens (tertiary/aromatic N) is 5. The molecule has 0 N–H and O–H groups in total. The van der Waals surface area contributed by atoms with Crippen LogP contribution in [0.5, 0.6) is 0 Å². The second kappa shape index (κ2) is 7.11. The molecule has 0 aliphatic carbocycles. The molecule has 2 aliphatic rings. The number of fused-ring (bicyclic) bond motifs is 1. The van der Waals surface area contributed by atoms with Gasteiger partial charge in [-0.2, -0.15) is 0 Å². The molecule has 2 aromatic rings. The van der Waals surface area contributed by atoms with Gasteiger partial charge in [-0.05, 0) is 24.1 Å². The van der Waals surface area contributed by atoms with Crippen LogP contribution in [0, 0.1) is 0 Å². The third kappa shape index (κ3) is 3.24. The van der Waals surface area contributed by atoms with Crippen LogP contribution in [0.3, 0.4) is 0 Å². The highest BCUT2D eigenvalue weighted by Crippen LogP contribution is 2.27. The van der Waals surface area contributed by atoms with Gasteiger partial charge in [0.1, 0.15) is 6.54 Å². The van der Waals surface area contributed by atoms with E-state index >= 15 is 0 Å². The van der Waals surface area contributed by atoms with Crippen LogP contribution in [0.2, 0.25) is 0 Å². The molecule has 7 nitrogen and oxygen atoms in total. The van der Waals surface area contributed by atoms with Gasteiger partial charge in [-0.1, -0.05) is 18.2 Å². The summed E-state index contributed by atoms with van der Waals surface area (Å²) in [6.07, 6.45) is 4.65. The van der Waals surface area contributed by atoms with Crippen molar-refractivity contribution >= 4 is 23.5 Å². The molecule has 0 saturated carbocycles. The molecule has 1 aromatic carbocycles. The maximum Gasteiger partial charge on any atom is 0.242 e. The Hall–Kier alpha value is -2.96. The number of carbonyl (C=O) groups is 2. The molecular weight excluding hydrogens is 330 g/mol. The minimum Gasteiger partial charge on any atom is -0.338 e. The maximum absolute atomic E-state index is 12.7. The molecule has 134 valence electrons. The quantitative estimate of drug-likeness (QED) is 0.828. The Morgan fingerprint density at radius 1 is 0.962 bits per heavy atom. The topological polar surface area (TPSA) is 69.6 Å². The smallest absolute Gasteiger partial charge is 0.242 e. The second-order valence-corrected chi connectivity index (χ2v) is 6.53. The molecule has 0 radical (unpaired) electrons. The average molecular weight is 351 g/mol. The monoisotopic (exact) mass is 351 g/mol. The van der Waals surface area contributed by atoms with E-state index in [1.54, 1.807) is 23.4 Å². The van der Waals surface area contributed by atoms with Crippen molar-refractivity contribution in [1.82, 2.24) is 14.9 Å². The van der Waals surface area contributed by atoms with Crippen molar-refractivity contribution < 1.29 is 9.59 Å². The number of rotatable bonds is 3. The minimum atomic E-state index is -0.0105. The van der Waals surface area contributed by atoms with Gasteiger partial charge in [0.25, 0.3) is 0 Å². The molecule has 7 heteroatoms. The molecule has 1 fully saturated rings. The molecule has 1 saturated heterocycles. The van der Waals surface area contributed by atoms with Gasteiger partial charge in [0.05, 0.1) is 0 Å². The summed E-state index contributed by atoms with van der Waals surface area (Å²) in [6.45, 7) is 2.72. The molecule has 0 unspecified atom stereocenters. The Balaban J connectivity index is 1.40. The lowest BCUT2D eigenvalue weighted by molar-refractivity contribution is -0.131. The highest BCUT2D eigenvalue weighted by Gasteiger charge is 2.29. The van der Waals surface area contributed by atoms with Gasteiger partial charge in [0.2, 0.25) is 17.8 Å². The van der Waals surface area contributed by atoms with Gasteiger partial charge in [-0.15, -0.1) is 0 Å². The molecule has 4 rings (SSSR count). The zero-order chi connectivity index (χ0) is 17.9. The van der Waals surface area contributed by atoms with Crippen LogP contribution in [-0.2, 0) is 16.0 Å². The number of piperazine rings is 1. The summed E-state index contributed by atoms with van der Waals surface area (Å²) in [4.78, 5) is 39.1. The third-order valence-electron chi connectivity index (χ3n) is 4.95. The summed E-state index contributed by atoms with van der Waals surface area (Å²) in [5, 5.41) is 0. The number of benzene rings is 1. The van der Waals surface area contributed by atoms with Gasteiger partial charge in [0.15, 0.2) is 0 Å². The van der Waals surface area contributed by atoms with Crippen LogP contribution < -0.4 is 9.80 Å². The van der Waals surface area contributed by atoms with Crippen molar-refractivity contribution in [2.24, 2.45) is 0 Å². The highest BCUT2D eigenvalue weighted by atomic mass is 16.2. The summed E-state index contributed by atoms with van der Waals surface area (Å²) >= 11 is 0. The zero-order valence-corrected chi connectivity index (χ0v) is 14.5. The van der Waals surface area contributed by atoms with Crippen LogP contribution in [0.1, 0.15) is 12.0 Å². The number of hydrogen-bond acceptors (Lipinski definition) is 5. The lowest BCUT2D eigenvalue weighted by atomic mass is 10.0. The summed E-state index contributed by atoms with van der Waals surface area (Å²) in [5.41, 5.74) is 2.00. The number of amides is 2. The molecule has 3 heterocycles. The van der Waals surface area contributed by atoms with Gasteiger partial charge >= 0.3 is 0 Å². The van der Waals surface area contributed by atoms with E-state index < -0.39 is 0 Å². The van der Waals surface area contributed by atoms with Crippen LogP contribution >= 0.6 is 0 Å². The van der Waals surface area contributed by atoms with Gasteiger partial charge in [-0.25, -0.2) is 9.97 Å². The second-order valence-electron chi connectivity index (χ2n) is 6.53. The highest BCUT2D eigenvalue weighted by molar-refractivity contribution is 6.01. The summed E-state index contributed by atoms with van der Waals surface area (Å²) in [6, 6.07) is 9.62. The van der Waals surface area contributed by atoms with E-state index in [4.69, 9.17) is 0 Å². The fourth-order valence-corrected chi connectivity index (χ4v) is 3.52. The van der Waals surface area contributed by atoms with Gasteiger partial charge in [0, 0.05) is 50.7 Å². The molecule has 0 bridgehead atoms. The standard InChI is InChI=1S/C19H21N5O2/c25-17-7-6-15-4-1-2-5-16(15)24(17)14-18(26)22-10-12-23(13-11-22)19-20-8-3-9-21-19/h1-5,8-9H,6-7,10-14H2. The van der Waals surface area contributed by atoms with Crippen molar-refractivity contribution in [1.29, 1.82) is 0 Å².